The van der Waals surface area contributed by atoms with Crippen LogP contribution in [-0.4, -0.2) is 14.8 Å². The third kappa shape index (κ3) is 2.08. The van der Waals surface area contributed by atoms with E-state index in [9.17, 15) is 0 Å². The highest BCUT2D eigenvalue weighted by molar-refractivity contribution is 7.71. The molecule has 0 unspecified atom stereocenters. The molecule has 1 heterocycles. The first-order valence-electron chi connectivity index (χ1n) is 9.45. The van der Waals surface area contributed by atoms with Gasteiger partial charge in [-0.25, -0.2) is 0 Å². The number of hydrogen-bond donors (Lipinski definition) is 1. The summed E-state index contributed by atoms with van der Waals surface area (Å²) in [6, 6.07) is 8.66. The number of hydrogen-bond acceptors (Lipinski definition) is 2. The van der Waals surface area contributed by atoms with Crippen LogP contribution in [0.3, 0.4) is 0 Å². The summed E-state index contributed by atoms with van der Waals surface area (Å²) >= 11 is 5.66. The molecule has 0 radical (unpaired) electrons. The molecule has 4 fully saturated rings. The summed E-state index contributed by atoms with van der Waals surface area (Å²) in [4.78, 5) is 0. The molecule has 2 aromatic rings. The van der Waals surface area contributed by atoms with Gasteiger partial charge in [0, 0.05) is 5.41 Å². The molecule has 126 valence electrons. The normalized spacial score (nSPS) is 34.0. The number of para-hydroxylation sites is 1. The number of benzene rings is 1. The van der Waals surface area contributed by atoms with Gasteiger partial charge < -0.3 is 0 Å². The summed E-state index contributed by atoms with van der Waals surface area (Å²) in [5, 5.41) is 7.93. The van der Waals surface area contributed by atoms with Crippen molar-refractivity contribution in [2.45, 2.75) is 57.3 Å². The number of nitrogens with zero attached hydrogens (tertiary/aromatic N) is 2. The number of rotatable bonds is 3. The van der Waals surface area contributed by atoms with Gasteiger partial charge in [0.25, 0.3) is 0 Å². The Bertz CT molecular complexity index is 796. The van der Waals surface area contributed by atoms with Crippen molar-refractivity contribution in [3.63, 3.8) is 0 Å². The van der Waals surface area contributed by atoms with Gasteiger partial charge in [-0.2, -0.15) is 5.10 Å². The van der Waals surface area contributed by atoms with Crippen molar-refractivity contribution >= 4 is 12.2 Å². The molecule has 4 aliphatic carbocycles. The summed E-state index contributed by atoms with van der Waals surface area (Å²) < 4.78 is 3.02. The fourth-order valence-electron chi connectivity index (χ4n) is 6.29. The Kier molecular flexibility index (Phi) is 3.28. The largest absolute Gasteiger partial charge is 0.271 e. The molecule has 0 amide bonds. The van der Waals surface area contributed by atoms with Crippen LogP contribution in [-0.2, 0) is 11.8 Å². The van der Waals surface area contributed by atoms with E-state index in [4.69, 9.17) is 17.3 Å². The Morgan fingerprint density at radius 3 is 2.38 bits per heavy atom. The topological polar surface area (TPSA) is 33.6 Å². The highest BCUT2D eigenvalue weighted by Crippen LogP contribution is 2.60. The Morgan fingerprint density at radius 2 is 1.75 bits per heavy atom. The maximum Gasteiger partial charge on any atom is 0.199 e. The fraction of sp³-hybridized carbons (Fsp3) is 0.600. The van der Waals surface area contributed by atoms with E-state index < -0.39 is 0 Å². The maximum absolute atomic E-state index is 5.66. The molecule has 4 heteroatoms. The van der Waals surface area contributed by atoms with Crippen molar-refractivity contribution in [3.05, 3.63) is 40.4 Å². The van der Waals surface area contributed by atoms with Crippen LogP contribution in [0.25, 0.3) is 5.69 Å². The Balaban J connectivity index is 1.67. The molecule has 6 rings (SSSR count). The summed E-state index contributed by atoms with van der Waals surface area (Å²) in [6.45, 7) is 2.22. The number of aromatic nitrogens is 3. The van der Waals surface area contributed by atoms with Crippen molar-refractivity contribution < 1.29 is 0 Å². The molecule has 1 aromatic carbocycles. The predicted octanol–water partition coefficient (Wildman–Crippen LogP) is 4.96. The molecule has 24 heavy (non-hydrogen) atoms. The second kappa shape index (κ2) is 5.29. The van der Waals surface area contributed by atoms with Crippen LogP contribution in [0.5, 0.6) is 0 Å². The SMILES string of the molecule is CCc1ccccc1-n1c(C23CC4CC(CC(C4)C2)C3)n[nH]c1=S. The monoisotopic (exact) mass is 339 g/mol. The second-order valence-corrected chi connectivity index (χ2v) is 8.75. The van der Waals surface area contributed by atoms with Crippen LogP contribution in [0.4, 0.5) is 0 Å². The Labute approximate surface area is 148 Å². The summed E-state index contributed by atoms with van der Waals surface area (Å²) in [5.41, 5.74) is 2.83. The average molecular weight is 340 g/mol. The van der Waals surface area contributed by atoms with Gasteiger partial charge in [-0.05, 0) is 86.5 Å². The quantitative estimate of drug-likeness (QED) is 0.802. The lowest BCUT2D eigenvalue weighted by Crippen LogP contribution is -2.49. The lowest BCUT2D eigenvalue weighted by atomic mass is 9.49. The van der Waals surface area contributed by atoms with E-state index in [-0.39, 0.29) is 5.41 Å². The van der Waals surface area contributed by atoms with Crippen LogP contribution in [0, 0.1) is 22.5 Å². The van der Waals surface area contributed by atoms with Crippen molar-refractivity contribution in [1.29, 1.82) is 0 Å². The molecule has 0 spiro atoms. The summed E-state index contributed by atoms with van der Waals surface area (Å²) in [7, 11) is 0. The molecular weight excluding hydrogens is 314 g/mol. The highest BCUT2D eigenvalue weighted by Gasteiger charge is 2.53. The number of aromatic amines is 1. The Hall–Kier alpha value is -1.42. The third-order valence-corrected chi connectivity index (χ3v) is 7.07. The van der Waals surface area contributed by atoms with E-state index in [2.05, 4.69) is 40.9 Å². The first kappa shape index (κ1) is 14.9. The maximum atomic E-state index is 5.66. The number of H-pyrrole nitrogens is 1. The lowest BCUT2D eigenvalue weighted by molar-refractivity contribution is -0.0102. The zero-order valence-electron chi connectivity index (χ0n) is 14.3. The molecule has 4 bridgehead atoms. The molecule has 0 atom stereocenters. The van der Waals surface area contributed by atoms with Gasteiger partial charge in [-0.1, -0.05) is 25.1 Å². The average Bonchev–Trinajstić information content (AvgIpc) is 2.96. The zero-order valence-corrected chi connectivity index (χ0v) is 15.1. The Morgan fingerprint density at radius 1 is 1.12 bits per heavy atom. The van der Waals surface area contributed by atoms with Crippen LogP contribution >= 0.6 is 12.2 Å². The van der Waals surface area contributed by atoms with Crippen molar-refractivity contribution in [1.82, 2.24) is 14.8 Å². The van der Waals surface area contributed by atoms with Gasteiger partial charge in [-0.3, -0.25) is 9.67 Å². The van der Waals surface area contributed by atoms with Gasteiger partial charge >= 0.3 is 0 Å². The van der Waals surface area contributed by atoms with Gasteiger partial charge in [0.05, 0.1) is 5.69 Å². The standard InChI is InChI=1S/C20H25N3S/c1-2-16-5-3-4-6-17(16)23-18(21-22-19(23)24)20-10-13-7-14(11-20)9-15(8-13)12-20/h3-6,13-15H,2,7-12H2,1H3,(H,22,24). The number of aryl methyl sites for hydroxylation is 1. The first-order valence-corrected chi connectivity index (χ1v) is 9.85. The summed E-state index contributed by atoms with van der Waals surface area (Å²) in [5.74, 6) is 3.96. The smallest absolute Gasteiger partial charge is 0.199 e. The van der Waals surface area contributed by atoms with Crippen LogP contribution in [0.2, 0.25) is 0 Å². The summed E-state index contributed by atoms with van der Waals surface area (Å²) in [6.07, 6.45) is 9.32. The minimum atomic E-state index is 0.253. The molecule has 4 aliphatic rings. The van der Waals surface area contributed by atoms with Crippen LogP contribution < -0.4 is 0 Å². The van der Waals surface area contributed by atoms with Crippen LogP contribution in [0.1, 0.15) is 56.8 Å². The van der Waals surface area contributed by atoms with E-state index in [0.29, 0.717) is 0 Å². The van der Waals surface area contributed by atoms with E-state index in [1.807, 2.05) is 0 Å². The molecule has 4 saturated carbocycles. The van der Waals surface area contributed by atoms with Gasteiger partial charge in [-0.15, -0.1) is 0 Å². The predicted molar refractivity (Wildman–Crippen MR) is 98.0 cm³/mol. The van der Waals surface area contributed by atoms with E-state index in [1.165, 1.54) is 55.6 Å². The van der Waals surface area contributed by atoms with Crippen LogP contribution in [0.15, 0.2) is 24.3 Å². The van der Waals surface area contributed by atoms with Crippen molar-refractivity contribution in [2.24, 2.45) is 17.8 Å². The first-order chi connectivity index (χ1) is 11.7. The second-order valence-electron chi connectivity index (χ2n) is 8.37. The molecular formula is C20H25N3S. The van der Waals surface area contributed by atoms with E-state index in [0.717, 1.165) is 28.9 Å². The minimum Gasteiger partial charge on any atom is -0.271 e. The van der Waals surface area contributed by atoms with Gasteiger partial charge in [0.15, 0.2) is 4.77 Å². The molecule has 1 N–H and O–H groups in total. The molecule has 3 nitrogen and oxygen atoms in total. The lowest BCUT2D eigenvalue weighted by Gasteiger charge is -2.56. The van der Waals surface area contributed by atoms with Gasteiger partial charge in [0.2, 0.25) is 0 Å². The number of nitrogens with one attached hydrogen (secondary N) is 1. The molecule has 0 aliphatic heterocycles. The third-order valence-electron chi connectivity index (χ3n) is 6.80. The molecule has 0 saturated heterocycles. The van der Waals surface area contributed by atoms with Gasteiger partial charge in [0.1, 0.15) is 5.82 Å². The minimum absolute atomic E-state index is 0.253. The molecule has 1 aromatic heterocycles. The van der Waals surface area contributed by atoms with Crippen molar-refractivity contribution in [3.8, 4) is 5.69 Å². The fourth-order valence-corrected chi connectivity index (χ4v) is 6.52. The highest BCUT2D eigenvalue weighted by atomic mass is 32.1. The van der Waals surface area contributed by atoms with E-state index >= 15 is 0 Å². The zero-order chi connectivity index (χ0) is 16.3. The van der Waals surface area contributed by atoms with E-state index in [1.54, 1.807) is 0 Å². The van der Waals surface area contributed by atoms with Crippen molar-refractivity contribution in [2.75, 3.05) is 0 Å².